The van der Waals surface area contributed by atoms with Crippen LogP contribution in [0, 0.1) is 12.8 Å². The molecule has 1 fully saturated rings. The highest BCUT2D eigenvalue weighted by molar-refractivity contribution is 7.91. The molecule has 0 saturated carbocycles. The van der Waals surface area contributed by atoms with E-state index in [-0.39, 0.29) is 0 Å². The van der Waals surface area contributed by atoms with E-state index in [2.05, 4.69) is 28.9 Å². The van der Waals surface area contributed by atoms with Crippen LogP contribution in [0.1, 0.15) is 30.4 Å². The van der Waals surface area contributed by atoms with Gasteiger partial charge < -0.3 is 4.52 Å². The van der Waals surface area contributed by atoms with Gasteiger partial charge in [-0.1, -0.05) is 19.0 Å². The quantitative estimate of drug-likeness (QED) is 0.759. The Morgan fingerprint density at radius 1 is 1.24 bits per heavy atom. The van der Waals surface area contributed by atoms with Crippen LogP contribution in [0.2, 0.25) is 0 Å². The summed E-state index contributed by atoms with van der Waals surface area (Å²) in [5.74, 6) is 1.82. The highest BCUT2D eigenvalue weighted by Gasteiger charge is 2.30. The first-order chi connectivity index (χ1) is 11.8. The fourth-order valence-electron chi connectivity index (χ4n) is 2.80. The Kier molecular flexibility index (Phi) is 5.57. The second kappa shape index (κ2) is 7.53. The van der Waals surface area contributed by atoms with E-state index in [1.165, 1.54) is 11.3 Å². The third-order valence-electron chi connectivity index (χ3n) is 4.10. The zero-order valence-corrected chi connectivity index (χ0v) is 16.4. The van der Waals surface area contributed by atoms with Crippen LogP contribution in [-0.2, 0) is 23.0 Å². The van der Waals surface area contributed by atoms with Gasteiger partial charge in [-0.15, -0.1) is 11.3 Å². The van der Waals surface area contributed by atoms with Gasteiger partial charge in [-0.3, -0.25) is 4.90 Å². The van der Waals surface area contributed by atoms with Crippen molar-refractivity contribution < 1.29 is 12.9 Å². The molecule has 0 amide bonds. The normalized spacial score (nSPS) is 17.4. The summed E-state index contributed by atoms with van der Waals surface area (Å²) < 4.78 is 32.6. The summed E-state index contributed by atoms with van der Waals surface area (Å²) in [4.78, 5) is 7.57. The predicted octanol–water partition coefficient (Wildman–Crippen LogP) is 2.14. The maximum Gasteiger partial charge on any atom is 0.252 e. The molecule has 2 aromatic heterocycles. The summed E-state index contributed by atoms with van der Waals surface area (Å²) >= 11 is 1.32. The maximum atomic E-state index is 12.6. The molecule has 0 spiro atoms. The molecule has 3 heterocycles. The molecule has 0 unspecified atom stereocenters. The summed E-state index contributed by atoms with van der Waals surface area (Å²) in [5, 5.41) is 4.00. The average Bonchev–Trinajstić information content (AvgIpc) is 3.17. The van der Waals surface area contributed by atoms with Crippen LogP contribution >= 0.6 is 11.3 Å². The second-order valence-electron chi connectivity index (χ2n) is 6.75. The van der Waals surface area contributed by atoms with E-state index in [4.69, 9.17) is 4.52 Å². The Morgan fingerprint density at radius 2 is 1.96 bits per heavy atom. The van der Waals surface area contributed by atoms with Gasteiger partial charge in [-0.2, -0.15) is 9.29 Å². The molecule has 0 N–H and O–H groups in total. The maximum absolute atomic E-state index is 12.6. The number of sulfonamides is 1. The van der Waals surface area contributed by atoms with Crippen LogP contribution in [-0.4, -0.2) is 53.9 Å². The molecular formula is C16H24N4O3S2. The van der Waals surface area contributed by atoms with Gasteiger partial charge in [0.2, 0.25) is 5.89 Å². The van der Waals surface area contributed by atoms with E-state index in [0.29, 0.717) is 48.7 Å². The van der Waals surface area contributed by atoms with E-state index in [9.17, 15) is 8.42 Å². The first kappa shape index (κ1) is 18.5. The van der Waals surface area contributed by atoms with Gasteiger partial charge in [0, 0.05) is 37.5 Å². The number of thiophene rings is 1. The molecule has 138 valence electrons. The second-order valence-corrected chi connectivity index (χ2v) is 10.2. The highest BCUT2D eigenvalue weighted by Crippen LogP contribution is 2.25. The SMILES string of the molecule is Cc1ccc(S(=O)(=O)N2CCN(Cc3nc(CC(C)C)no3)CC2)s1. The average molecular weight is 385 g/mol. The molecule has 1 aliphatic heterocycles. The van der Waals surface area contributed by atoms with Gasteiger partial charge in [-0.25, -0.2) is 8.42 Å². The van der Waals surface area contributed by atoms with Gasteiger partial charge in [0.25, 0.3) is 10.0 Å². The molecule has 1 saturated heterocycles. The zero-order chi connectivity index (χ0) is 18.0. The molecule has 7 nitrogen and oxygen atoms in total. The first-order valence-electron chi connectivity index (χ1n) is 8.45. The van der Waals surface area contributed by atoms with Gasteiger partial charge in [0.15, 0.2) is 5.82 Å². The standard InChI is InChI=1S/C16H24N4O3S2/c1-12(2)10-14-17-15(23-18-14)11-19-6-8-20(9-7-19)25(21,22)16-5-4-13(3)24-16/h4-5,12H,6-11H2,1-3H3. The number of piperazine rings is 1. The Balaban J connectivity index is 1.56. The molecule has 0 aliphatic carbocycles. The largest absolute Gasteiger partial charge is 0.338 e. The van der Waals surface area contributed by atoms with Crippen LogP contribution in [0.25, 0.3) is 0 Å². The van der Waals surface area contributed by atoms with Gasteiger partial charge >= 0.3 is 0 Å². The van der Waals surface area contributed by atoms with Gasteiger partial charge in [0.1, 0.15) is 4.21 Å². The van der Waals surface area contributed by atoms with Crippen molar-refractivity contribution in [1.82, 2.24) is 19.3 Å². The Labute approximate surface area is 152 Å². The van der Waals surface area contributed by atoms with Gasteiger partial charge in [0.05, 0.1) is 6.54 Å². The van der Waals surface area contributed by atoms with Crippen molar-refractivity contribution >= 4 is 21.4 Å². The van der Waals surface area contributed by atoms with Crippen molar-refractivity contribution in [3.05, 3.63) is 28.7 Å². The van der Waals surface area contributed by atoms with Crippen LogP contribution in [0.5, 0.6) is 0 Å². The number of rotatable bonds is 6. The van der Waals surface area contributed by atoms with Crippen molar-refractivity contribution in [1.29, 1.82) is 0 Å². The Bertz CT molecular complexity index is 805. The molecule has 3 rings (SSSR count). The Morgan fingerprint density at radius 3 is 2.56 bits per heavy atom. The summed E-state index contributed by atoms with van der Waals surface area (Å²) in [6, 6.07) is 3.54. The minimum Gasteiger partial charge on any atom is -0.338 e. The highest BCUT2D eigenvalue weighted by atomic mass is 32.2. The van der Waals surface area contributed by atoms with Crippen LogP contribution < -0.4 is 0 Å². The molecular weight excluding hydrogens is 360 g/mol. The monoisotopic (exact) mass is 384 g/mol. The zero-order valence-electron chi connectivity index (χ0n) is 14.8. The van der Waals surface area contributed by atoms with Crippen LogP contribution in [0.4, 0.5) is 0 Å². The topological polar surface area (TPSA) is 79.5 Å². The van der Waals surface area contributed by atoms with Crippen molar-refractivity contribution in [3.8, 4) is 0 Å². The number of hydrogen-bond donors (Lipinski definition) is 0. The smallest absolute Gasteiger partial charge is 0.252 e. The number of hydrogen-bond acceptors (Lipinski definition) is 7. The lowest BCUT2D eigenvalue weighted by Crippen LogP contribution is -2.48. The van der Waals surface area contributed by atoms with Crippen molar-refractivity contribution in [3.63, 3.8) is 0 Å². The fourth-order valence-corrected chi connectivity index (χ4v) is 5.66. The fraction of sp³-hybridized carbons (Fsp3) is 0.625. The molecule has 0 atom stereocenters. The van der Waals surface area contributed by atoms with E-state index >= 15 is 0 Å². The van der Waals surface area contributed by atoms with Crippen molar-refractivity contribution in [2.24, 2.45) is 5.92 Å². The molecule has 2 aromatic rings. The molecule has 0 bridgehead atoms. The van der Waals surface area contributed by atoms with Crippen LogP contribution in [0.15, 0.2) is 20.9 Å². The van der Waals surface area contributed by atoms with E-state index in [0.717, 1.165) is 17.1 Å². The summed E-state index contributed by atoms with van der Waals surface area (Å²) in [7, 11) is -3.37. The van der Waals surface area contributed by atoms with E-state index < -0.39 is 10.0 Å². The molecule has 1 aliphatic rings. The summed E-state index contributed by atoms with van der Waals surface area (Å²) in [6.07, 6.45) is 0.801. The number of nitrogens with zero attached hydrogens (tertiary/aromatic N) is 4. The van der Waals surface area contributed by atoms with E-state index in [1.807, 2.05) is 13.0 Å². The number of aromatic nitrogens is 2. The lowest BCUT2D eigenvalue weighted by atomic mass is 10.1. The number of aryl methyl sites for hydroxylation is 1. The van der Waals surface area contributed by atoms with E-state index in [1.54, 1.807) is 10.4 Å². The molecule has 25 heavy (non-hydrogen) atoms. The molecule has 0 aromatic carbocycles. The van der Waals surface area contributed by atoms with Crippen molar-refractivity contribution in [2.45, 2.75) is 37.9 Å². The third kappa shape index (κ3) is 4.46. The minimum absolute atomic E-state index is 0.425. The lowest BCUT2D eigenvalue weighted by molar-refractivity contribution is 0.163. The predicted molar refractivity (Wildman–Crippen MR) is 95.9 cm³/mol. The summed E-state index contributed by atoms with van der Waals surface area (Å²) in [6.45, 7) is 8.99. The Hall–Kier alpha value is -1.29. The lowest BCUT2D eigenvalue weighted by Gasteiger charge is -2.32. The minimum atomic E-state index is -3.37. The van der Waals surface area contributed by atoms with Crippen LogP contribution in [0.3, 0.4) is 0 Å². The molecule has 9 heteroatoms. The molecule has 0 radical (unpaired) electrons. The van der Waals surface area contributed by atoms with Gasteiger partial charge in [-0.05, 0) is 25.0 Å². The first-order valence-corrected chi connectivity index (χ1v) is 10.7. The third-order valence-corrected chi connectivity index (χ3v) is 7.47. The summed E-state index contributed by atoms with van der Waals surface area (Å²) in [5.41, 5.74) is 0. The van der Waals surface area contributed by atoms with Crippen molar-refractivity contribution in [2.75, 3.05) is 26.2 Å².